The number of benzene rings is 1. The third-order valence-corrected chi connectivity index (χ3v) is 4.11. The number of rotatable bonds is 1. The topological polar surface area (TPSA) is 80.6 Å². The molecule has 0 spiro atoms. The van der Waals surface area contributed by atoms with Gasteiger partial charge in [-0.3, -0.25) is 9.78 Å². The molecular weight excluding hydrogens is 304 g/mol. The Hall–Kier alpha value is -3.28. The summed E-state index contributed by atoms with van der Waals surface area (Å²) in [5.41, 5.74) is 2.17. The van der Waals surface area contributed by atoms with Gasteiger partial charge in [0.15, 0.2) is 5.65 Å². The number of aromatic amines is 1. The van der Waals surface area contributed by atoms with Crippen molar-refractivity contribution in [3.8, 4) is 5.69 Å². The van der Waals surface area contributed by atoms with E-state index in [0.717, 1.165) is 16.5 Å². The molecule has 1 N–H and O–H groups in total. The van der Waals surface area contributed by atoms with Crippen LogP contribution < -0.4 is 11.2 Å². The fourth-order valence-electron chi connectivity index (χ4n) is 3.00. The predicted octanol–water partition coefficient (Wildman–Crippen LogP) is 2.24. The Morgan fingerprint density at radius 2 is 1.79 bits per heavy atom. The van der Waals surface area contributed by atoms with Gasteiger partial charge in [-0.25, -0.2) is 19.3 Å². The van der Waals surface area contributed by atoms with Gasteiger partial charge in [0.25, 0.3) is 5.56 Å². The van der Waals surface area contributed by atoms with Crippen LogP contribution >= 0.6 is 0 Å². The first-order valence-electron chi connectivity index (χ1n) is 7.53. The van der Waals surface area contributed by atoms with Crippen LogP contribution in [0.15, 0.2) is 52.2 Å². The van der Waals surface area contributed by atoms with Gasteiger partial charge in [-0.1, -0.05) is 18.2 Å². The summed E-state index contributed by atoms with van der Waals surface area (Å²) >= 11 is 0. The van der Waals surface area contributed by atoms with E-state index in [1.54, 1.807) is 18.3 Å². The molecule has 4 rings (SSSR count). The lowest BCUT2D eigenvalue weighted by Crippen LogP contribution is -2.34. The Morgan fingerprint density at radius 3 is 2.54 bits per heavy atom. The van der Waals surface area contributed by atoms with E-state index >= 15 is 0 Å². The lowest BCUT2D eigenvalue weighted by atomic mass is 10.1. The summed E-state index contributed by atoms with van der Waals surface area (Å²) in [6.45, 7) is 3.75. The lowest BCUT2D eigenvalue weighted by Gasteiger charge is -2.12. The highest BCUT2D eigenvalue weighted by Crippen LogP contribution is 2.17. The second-order valence-electron chi connectivity index (χ2n) is 5.75. The van der Waals surface area contributed by atoms with Crippen LogP contribution in [-0.2, 0) is 0 Å². The van der Waals surface area contributed by atoms with Gasteiger partial charge in [0, 0.05) is 11.6 Å². The van der Waals surface area contributed by atoms with Gasteiger partial charge < -0.3 is 0 Å². The molecule has 3 heterocycles. The first-order valence-corrected chi connectivity index (χ1v) is 7.53. The number of fused-ring (bicyclic) bond motifs is 2. The van der Waals surface area contributed by atoms with Crippen molar-refractivity contribution in [3.05, 3.63) is 74.6 Å². The average molecular weight is 318 g/mol. The SMILES string of the molecule is Cc1cccc(C)c1-n1c(=O)[nH]c2nc3ncccc3cc2c1=O. The molecule has 0 saturated heterocycles. The van der Waals surface area contributed by atoms with Gasteiger partial charge >= 0.3 is 5.69 Å². The maximum Gasteiger partial charge on any atom is 0.334 e. The van der Waals surface area contributed by atoms with E-state index in [1.165, 1.54) is 4.57 Å². The molecule has 6 nitrogen and oxygen atoms in total. The summed E-state index contributed by atoms with van der Waals surface area (Å²) in [4.78, 5) is 36.7. The largest absolute Gasteiger partial charge is 0.334 e. The molecule has 0 fully saturated rings. The Morgan fingerprint density at radius 1 is 1.04 bits per heavy atom. The Labute approximate surface area is 136 Å². The number of H-pyrrole nitrogens is 1. The second-order valence-corrected chi connectivity index (χ2v) is 5.75. The van der Waals surface area contributed by atoms with Crippen LogP contribution in [0.5, 0.6) is 0 Å². The fraction of sp³-hybridized carbons (Fsp3) is 0.111. The second kappa shape index (κ2) is 5.13. The van der Waals surface area contributed by atoms with Crippen LogP contribution in [0.1, 0.15) is 11.1 Å². The van der Waals surface area contributed by atoms with E-state index in [9.17, 15) is 9.59 Å². The molecule has 24 heavy (non-hydrogen) atoms. The van der Waals surface area contributed by atoms with Gasteiger partial charge in [-0.15, -0.1) is 0 Å². The van der Waals surface area contributed by atoms with Crippen molar-refractivity contribution in [3.63, 3.8) is 0 Å². The molecule has 0 aliphatic carbocycles. The minimum absolute atomic E-state index is 0.249. The molecular formula is C18H14N4O2. The minimum atomic E-state index is -0.507. The van der Waals surface area contributed by atoms with E-state index in [4.69, 9.17) is 0 Å². The van der Waals surface area contributed by atoms with E-state index < -0.39 is 5.69 Å². The molecule has 4 aromatic rings. The first-order chi connectivity index (χ1) is 11.6. The standard InChI is InChI=1S/C18H14N4O2/c1-10-5-3-6-11(2)14(10)22-17(23)13-9-12-7-4-8-19-15(12)20-16(13)21-18(22)24/h3-9H,1-2H3,(H,19,20,21,24). The number of hydrogen-bond donors (Lipinski definition) is 1. The molecule has 118 valence electrons. The summed E-state index contributed by atoms with van der Waals surface area (Å²) in [5.74, 6) is 0. The van der Waals surface area contributed by atoms with Gasteiger partial charge in [-0.05, 0) is 43.2 Å². The quantitative estimate of drug-likeness (QED) is 0.546. The van der Waals surface area contributed by atoms with Crippen LogP contribution in [0.3, 0.4) is 0 Å². The summed E-state index contributed by atoms with van der Waals surface area (Å²) in [5, 5.41) is 1.11. The number of para-hydroxylation sites is 1. The maximum atomic E-state index is 13.0. The number of aromatic nitrogens is 4. The number of pyridine rings is 2. The van der Waals surface area contributed by atoms with E-state index in [-0.39, 0.29) is 11.2 Å². The fourth-order valence-corrected chi connectivity index (χ4v) is 3.00. The van der Waals surface area contributed by atoms with Crippen molar-refractivity contribution in [1.82, 2.24) is 19.5 Å². The zero-order chi connectivity index (χ0) is 16.8. The third-order valence-electron chi connectivity index (χ3n) is 4.11. The molecule has 0 aliphatic heterocycles. The number of nitrogens with one attached hydrogen (secondary N) is 1. The monoisotopic (exact) mass is 318 g/mol. The highest BCUT2D eigenvalue weighted by molar-refractivity contribution is 5.88. The summed E-state index contributed by atoms with van der Waals surface area (Å²) in [6, 6.07) is 11.0. The smallest absolute Gasteiger partial charge is 0.291 e. The minimum Gasteiger partial charge on any atom is -0.291 e. The van der Waals surface area contributed by atoms with E-state index in [2.05, 4.69) is 15.0 Å². The van der Waals surface area contributed by atoms with Gasteiger partial charge in [0.05, 0.1) is 11.1 Å². The normalized spacial score (nSPS) is 11.2. The zero-order valence-corrected chi connectivity index (χ0v) is 13.2. The van der Waals surface area contributed by atoms with Crippen LogP contribution in [-0.4, -0.2) is 19.5 Å². The highest BCUT2D eigenvalue weighted by atomic mass is 16.2. The number of aryl methyl sites for hydroxylation is 2. The highest BCUT2D eigenvalue weighted by Gasteiger charge is 2.14. The molecule has 3 aromatic heterocycles. The van der Waals surface area contributed by atoms with Gasteiger partial charge in [0.1, 0.15) is 5.65 Å². The third kappa shape index (κ3) is 2.04. The van der Waals surface area contributed by atoms with Gasteiger partial charge in [-0.2, -0.15) is 0 Å². The summed E-state index contributed by atoms with van der Waals surface area (Å²) < 4.78 is 1.18. The Balaban J connectivity index is 2.17. The summed E-state index contributed by atoms with van der Waals surface area (Å²) in [6.07, 6.45) is 1.62. The molecule has 0 amide bonds. The number of nitrogens with zero attached hydrogens (tertiary/aromatic N) is 3. The molecule has 0 saturated carbocycles. The number of hydrogen-bond acceptors (Lipinski definition) is 4. The van der Waals surface area contributed by atoms with Crippen LogP contribution in [0.25, 0.3) is 27.8 Å². The predicted molar refractivity (Wildman–Crippen MR) is 92.7 cm³/mol. The molecule has 0 radical (unpaired) electrons. The van der Waals surface area contributed by atoms with Crippen molar-refractivity contribution < 1.29 is 0 Å². The van der Waals surface area contributed by atoms with Crippen molar-refractivity contribution in [1.29, 1.82) is 0 Å². The van der Waals surface area contributed by atoms with Crippen molar-refractivity contribution in [2.24, 2.45) is 0 Å². The first kappa shape index (κ1) is 14.3. The molecule has 0 bridgehead atoms. The van der Waals surface area contributed by atoms with E-state index in [0.29, 0.717) is 16.7 Å². The van der Waals surface area contributed by atoms with Crippen molar-refractivity contribution >= 4 is 22.1 Å². The molecule has 0 aliphatic rings. The lowest BCUT2D eigenvalue weighted by molar-refractivity contribution is 0.881. The van der Waals surface area contributed by atoms with E-state index in [1.807, 2.05) is 38.1 Å². The van der Waals surface area contributed by atoms with Crippen LogP contribution in [0.2, 0.25) is 0 Å². The molecule has 0 atom stereocenters. The van der Waals surface area contributed by atoms with Crippen LogP contribution in [0, 0.1) is 13.8 Å². The van der Waals surface area contributed by atoms with Gasteiger partial charge in [0.2, 0.25) is 0 Å². The van der Waals surface area contributed by atoms with Crippen molar-refractivity contribution in [2.75, 3.05) is 0 Å². The Kier molecular flexibility index (Phi) is 3.06. The maximum absolute atomic E-state index is 13.0. The summed E-state index contributed by atoms with van der Waals surface area (Å²) in [7, 11) is 0. The average Bonchev–Trinajstić information content (AvgIpc) is 2.56. The Bertz CT molecular complexity index is 1200. The molecule has 6 heteroatoms. The molecule has 1 aromatic carbocycles. The van der Waals surface area contributed by atoms with Crippen molar-refractivity contribution in [2.45, 2.75) is 13.8 Å². The molecule has 0 unspecified atom stereocenters. The zero-order valence-electron chi connectivity index (χ0n) is 13.2. The van der Waals surface area contributed by atoms with Crippen LogP contribution in [0.4, 0.5) is 0 Å².